The molecule has 2 aromatic rings. The van der Waals surface area contributed by atoms with Gasteiger partial charge in [-0.05, 0) is 62.9 Å². The third kappa shape index (κ3) is 4.67. The van der Waals surface area contributed by atoms with Gasteiger partial charge in [0.25, 0.3) is 5.91 Å². The molecule has 0 spiro atoms. The number of amides is 2. The summed E-state index contributed by atoms with van der Waals surface area (Å²) in [5.41, 5.74) is 3.12. The predicted molar refractivity (Wildman–Crippen MR) is 134 cm³/mol. The lowest BCUT2D eigenvalue weighted by Gasteiger charge is -2.39. The Hall–Kier alpha value is -3.26. The molecule has 0 aliphatic carbocycles. The van der Waals surface area contributed by atoms with Gasteiger partial charge in [0, 0.05) is 43.9 Å². The number of nitrogens with zero attached hydrogens (tertiary/aromatic N) is 2. The number of phenolic OH excluding ortho intramolecular Hbond substituents is 1. The number of fused-ring (bicyclic) bond motifs is 1. The van der Waals surface area contributed by atoms with E-state index in [9.17, 15) is 19.8 Å². The van der Waals surface area contributed by atoms with E-state index in [4.69, 9.17) is 4.74 Å². The maximum absolute atomic E-state index is 13.3. The molecule has 8 heteroatoms. The molecule has 2 unspecified atom stereocenters. The van der Waals surface area contributed by atoms with Crippen LogP contribution in [0.4, 0.5) is 5.69 Å². The summed E-state index contributed by atoms with van der Waals surface area (Å²) < 4.78 is 6.23. The van der Waals surface area contributed by atoms with Crippen LogP contribution in [0.1, 0.15) is 35.6 Å². The number of rotatable bonds is 5. The number of piperazine rings is 1. The Labute approximate surface area is 206 Å². The molecule has 1 saturated heterocycles. The Morgan fingerprint density at radius 3 is 2.34 bits per heavy atom. The van der Waals surface area contributed by atoms with E-state index in [2.05, 4.69) is 10.2 Å². The predicted octanol–water partition coefficient (Wildman–Crippen LogP) is 2.23. The first-order valence-corrected chi connectivity index (χ1v) is 12.2. The Morgan fingerprint density at radius 2 is 1.71 bits per heavy atom. The van der Waals surface area contributed by atoms with Gasteiger partial charge in [-0.15, -0.1) is 0 Å². The zero-order chi connectivity index (χ0) is 25.3. The van der Waals surface area contributed by atoms with Crippen LogP contribution >= 0.6 is 0 Å². The smallest absolute Gasteiger partial charge is 0.264 e. The summed E-state index contributed by atoms with van der Waals surface area (Å²) in [6, 6.07) is 9.01. The third-order valence-corrected chi connectivity index (χ3v) is 7.50. The van der Waals surface area contributed by atoms with E-state index in [-0.39, 0.29) is 11.7 Å². The van der Waals surface area contributed by atoms with Crippen LogP contribution in [0.5, 0.6) is 11.5 Å². The minimum atomic E-state index is -1.19. The second-order valence-electron chi connectivity index (χ2n) is 9.72. The minimum Gasteiger partial charge on any atom is -0.507 e. The van der Waals surface area contributed by atoms with Crippen LogP contribution in [0, 0.1) is 20.8 Å². The van der Waals surface area contributed by atoms with Crippen molar-refractivity contribution < 1.29 is 24.5 Å². The van der Waals surface area contributed by atoms with Gasteiger partial charge in [0.1, 0.15) is 17.5 Å². The molecule has 8 nitrogen and oxygen atoms in total. The highest BCUT2D eigenvalue weighted by atomic mass is 16.5. The van der Waals surface area contributed by atoms with Gasteiger partial charge in [-0.25, -0.2) is 0 Å². The van der Waals surface area contributed by atoms with Crippen molar-refractivity contribution in [2.24, 2.45) is 0 Å². The number of para-hydroxylation sites is 1. The number of hydrogen-bond donors (Lipinski definition) is 3. The summed E-state index contributed by atoms with van der Waals surface area (Å²) in [5, 5.41) is 23.1. The Kier molecular flexibility index (Phi) is 6.94. The number of anilines is 1. The number of hydrogen-bond acceptors (Lipinski definition) is 6. The summed E-state index contributed by atoms with van der Waals surface area (Å²) in [4.78, 5) is 30.3. The van der Waals surface area contributed by atoms with Crippen molar-refractivity contribution in [3.63, 3.8) is 0 Å². The second-order valence-corrected chi connectivity index (χ2v) is 9.72. The van der Waals surface area contributed by atoms with Gasteiger partial charge in [-0.2, -0.15) is 0 Å². The number of aromatic hydroxyl groups is 1. The Balaban J connectivity index is 1.42. The van der Waals surface area contributed by atoms with Crippen molar-refractivity contribution in [3.8, 4) is 11.5 Å². The highest BCUT2D eigenvalue weighted by Gasteiger charge is 2.42. The van der Waals surface area contributed by atoms with Crippen molar-refractivity contribution in [2.75, 3.05) is 37.7 Å². The van der Waals surface area contributed by atoms with Gasteiger partial charge >= 0.3 is 0 Å². The molecule has 2 atom stereocenters. The van der Waals surface area contributed by atoms with Gasteiger partial charge in [0.05, 0.1) is 6.61 Å². The summed E-state index contributed by atoms with van der Waals surface area (Å²) in [5.74, 6) is 0.157. The summed E-state index contributed by atoms with van der Waals surface area (Å²) in [7, 11) is 0. The van der Waals surface area contributed by atoms with E-state index >= 15 is 0 Å². The van der Waals surface area contributed by atoms with Crippen LogP contribution < -0.4 is 15.0 Å². The zero-order valence-corrected chi connectivity index (χ0v) is 20.9. The van der Waals surface area contributed by atoms with Crippen LogP contribution in [0.15, 0.2) is 30.3 Å². The van der Waals surface area contributed by atoms with Crippen molar-refractivity contribution in [1.29, 1.82) is 0 Å². The summed E-state index contributed by atoms with van der Waals surface area (Å²) >= 11 is 0. The topological polar surface area (TPSA) is 102 Å². The maximum Gasteiger partial charge on any atom is 0.264 e. The molecule has 1 fully saturated rings. The number of ether oxygens (including phenoxy) is 1. The molecule has 35 heavy (non-hydrogen) atoms. The number of aliphatic hydroxyl groups excluding tert-OH is 1. The zero-order valence-electron chi connectivity index (χ0n) is 20.9. The lowest BCUT2D eigenvalue weighted by molar-refractivity contribution is -0.144. The molecule has 3 N–H and O–H groups in total. The third-order valence-electron chi connectivity index (χ3n) is 7.50. The summed E-state index contributed by atoms with van der Waals surface area (Å²) in [6.45, 7) is 9.17. The molecule has 0 saturated carbocycles. The molecule has 0 radical (unpaired) electrons. The number of phenols is 1. The van der Waals surface area contributed by atoms with Gasteiger partial charge < -0.3 is 30.1 Å². The molecule has 4 rings (SSSR count). The van der Waals surface area contributed by atoms with Crippen LogP contribution in [0.2, 0.25) is 0 Å². The SMILES string of the molecule is Cc1c(C)c2c(c(C)c1O)CCC(C)(C(=O)NC(CO)C(=O)N1CCN(c3ccccc3)CC1)O2. The van der Waals surface area contributed by atoms with Gasteiger partial charge in [-0.3, -0.25) is 9.59 Å². The van der Waals surface area contributed by atoms with Gasteiger partial charge in [0.15, 0.2) is 5.60 Å². The molecular weight excluding hydrogens is 446 g/mol. The molecule has 0 aromatic heterocycles. The standard InChI is InChI=1S/C27H35N3O5/c1-17-18(2)24-21(19(3)23(17)32)10-11-27(4,35-24)26(34)28-22(16-31)25(33)30-14-12-29(13-15-30)20-8-6-5-7-9-20/h5-9,22,31-32H,10-16H2,1-4H3,(H,28,34). The van der Waals surface area contributed by atoms with Crippen LogP contribution in [0.25, 0.3) is 0 Å². The normalized spacial score (nSPS) is 20.6. The molecule has 2 aromatic carbocycles. The van der Waals surface area contributed by atoms with Gasteiger partial charge in [-0.1, -0.05) is 18.2 Å². The first-order valence-electron chi connectivity index (χ1n) is 12.2. The second kappa shape index (κ2) is 9.77. The molecule has 2 amide bonds. The fourth-order valence-electron chi connectivity index (χ4n) is 4.95. The Bertz CT molecular complexity index is 1110. The van der Waals surface area contributed by atoms with E-state index in [1.54, 1.807) is 11.8 Å². The largest absolute Gasteiger partial charge is 0.507 e. The minimum absolute atomic E-state index is 0.260. The highest BCUT2D eigenvalue weighted by molar-refractivity contribution is 5.92. The molecule has 2 aliphatic heterocycles. The van der Waals surface area contributed by atoms with E-state index in [1.807, 2.05) is 51.1 Å². The van der Waals surface area contributed by atoms with E-state index in [1.165, 1.54) is 0 Å². The quantitative estimate of drug-likeness (QED) is 0.605. The van der Waals surface area contributed by atoms with Crippen LogP contribution in [0.3, 0.4) is 0 Å². The first kappa shape index (κ1) is 24.9. The maximum atomic E-state index is 13.3. The van der Waals surface area contributed by atoms with Crippen molar-refractivity contribution in [1.82, 2.24) is 10.2 Å². The number of aliphatic hydroxyl groups is 1. The highest BCUT2D eigenvalue weighted by Crippen LogP contribution is 2.43. The number of carbonyl (C=O) groups excluding carboxylic acids is 2. The van der Waals surface area contributed by atoms with E-state index < -0.39 is 24.2 Å². The number of benzene rings is 2. The van der Waals surface area contributed by atoms with Gasteiger partial charge in [0.2, 0.25) is 5.91 Å². The van der Waals surface area contributed by atoms with Crippen LogP contribution in [-0.2, 0) is 16.0 Å². The number of carbonyl (C=O) groups is 2. The molecule has 0 bridgehead atoms. The average Bonchev–Trinajstić information content (AvgIpc) is 2.89. The fraction of sp³-hybridized carbons (Fsp3) is 0.481. The molecule has 188 valence electrons. The lowest BCUT2D eigenvalue weighted by Crippen LogP contribution is -2.60. The molecular formula is C27H35N3O5. The average molecular weight is 482 g/mol. The van der Waals surface area contributed by atoms with Crippen molar-refractivity contribution in [3.05, 3.63) is 52.6 Å². The lowest BCUT2D eigenvalue weighted by atomic mass is 9.86. The Morgan fingerprint density at radius 1 is 1.06 bits per heavy atom. The van der Waals surface area contributed by atoms with Crippen molar-refractivity contribution in [2.45, 2.75) is 52.2 Å². The van der Waals surface area contributed by atoms with Crippen LogP contribution in [-0.4, -0.2) is 71.4 Å². The monoisotopic (exact) mass is 481 g/mol. The first-order chi connectivity index (χ1) is 16.7. The molecule has 2 aliphatic rings. The van der Waals surface area contributed by atoms with E-state index in [0.717, 1.165) is 27.9 Å². The summed E-state index contributed by atoms with van der Waals surface area (Å²) in [6.07, 6.45) is 0.968. The number of nitrogens with one attached hydrogen (secondary N) is 1. The fourth-order valence-corrected chi connectivity index (χ4v) is 4.95. The van der Waals surface area contributed by atoms with Crippen molar-refractivity contribution >= 4 is 17.5 Å². The van der Waals surface area contributed by atoms with E-state index in [0.29, 0.717) is 44.8 Å². The molecule has 2 heterocycles.